The van der Waals surface area contributed by atoms with Crippen LogP contribution in [0.1, 0.15) is 25.7 Å². The van der Waals surface area contributed by atoms with E-state index in [0.717, 1.165) is 30.6 Å². The Morgan fingerprint density at radius 1 is 1.32 bits per heavy atom. The number of amides is 1. The van der Waals surface area contributed by atoms with Crippen molar-refractivity contribution < 1.29 is 9.90 Å². The summed E-state index contributed by atoms with van der Waals surface area (Å²) >= 11 is 1.54. The van der Waals surface area contributed by atoms with Gasteiger partial charge >= 0.3 is 0 Å². The fraction of sp³-hybridized carbons (Fsp3) is 0.533. The third-order valence-electron chi connectivity index (χ3n) is 3.60. The standard InChI is InChI=1S/C15H21NO2S/c1-16(12-15(18)9-5-6-10-15)14(17)11-19-13-7-3-2-4-8-13/h2-4,7-8,18H,5-6,9-12H2,1H3. The molecule has 1 saturated carbocycles. The van der Waals surface area contributed by atoms with Gasteiger partial charge in [0.2, 0.25) is 5.91 Å². The van der Waals surface area contributed by atoms with Gasteiger partial charge in [-0.1, -0.05) is 31.0 Å². The predicted octanol–water partition coefficient (Wildman–Crippen LogP) is 2.54. The molecular formula is C15H21NO2S. The highest BCUT2D eigenvalue weighted by Gasteiger charge is 2.33. The molecule has 0 aromatic heterocycles. The second kappa shape index (κ2) is 6.44. The monoisotopic (exact) mass is 279 g/mol. The van der Waals surface area contributed by atoms with E-state index in [-0.39, 0.29) is 5.91 Å². The van der Waals surface area contributed by atoms with E-state index in [2.05, 4.69) is 0 Å². The maximum Gasteiger partial charge on any atom is 0.232 e. The van der Waals surface area contributed by atoms with Crippen molar-refractivity contribution >= 4 is 17.7 Å². The van der Waals surface area contributed by atoms with Gasteiger partial charge in [0.1, 0.15) is 0 Å². The molecule has 1 aromatic rings. The average Bonchev–Trinajstić information content (AvgIpc) is 2.83. The summed E-state index contributed by atoms with van der Waals surface area (Å²) in [7, 11) is 1.78. The molecule has 0 unspecified atom stereocenters. The van der Waals surface area contributed by atoms with Gasteiger partial charge in [0.25, 0.3) is 0 Å². The van der Waals surface area contributed by atoms with Gasteiger partial charge in [-0.25, -0.2) is 0 Å². The first-order chi connectivity index (χ1) is 9.09. The molecule has 2 rings (SSSR count). The van der Waals surface area contributed by atoms with E-state index in [9.17, 15) is 9.90 Å². The fourth-order valence-electron chi connectivity index (χ4n) is 2.49. The van der Waals surface area contributed by atoms with E-state index in [1.807, 2.05) is 30.3 Å². The van der Waals surface area contributed by atoms with Crippen LogP contribution in [0.4, 0.5) is 0 Å². The highest BCUT2D eigenvalue weighted by Crippen LogP contribution is 2.30. The van der Waals surface area contributed by atoms with Gasteiger partial charge in [0.05, 0.1) is 11.4 Å². The zero-order valence-corrected chi connectivity index (χ0v) is 12.2. The molecule has 0 saturated heterocycles. The number of hydrogen-bond acceptors (Lipinski definition) is 3. The van der Waals surface area contributed by atoms with Crippen molar-refractivity contribution in [2.75, 3.05) is 19.3 Å². The van der Waals surface area contributed by atoms with Gasteiger partial charge in [-0.3, -0.25) is 4.79 Å². The number of hydrogen-bond donors (Lipinski definition) is 1. The van der Waals surface area contributed by atoms with Crippen LogP contribution in [-0.4, -0.2) is 40.9 Å². The molecule has 19 heavy (non-hydrogen) atoms. The number of nitrogens with zero attached hydrogens (tertiary/aromatic N) is 1. The van der Waals surface area contributed by atoms with Crippen molar-refractivity contribution in [3.63, 3.8) is 0 Å². The van der Waals surface area contributed by atoms with Gasteiger partial charge < -0.3 is 10.0 Å². The molecule has 1 N–H and O–H groups in total. The number of aliphatic hydroxyl groups is 1. The summed E-state index contributed by atoms with van der Waals surface area (Å²) in [5, 5.41) is 10.3. The second-order valence-corrected chi connectivity index (χ2v) is 6.33. The summed E-state index contributed by atoms with van der Waals surface area (Å²) in [6.07, 6.45) is 3.77. The molecule has 1 amide bonds. The highest BCUT2D eigenvalue weighted by molar-refractivity contribution is 8.00. The van der Waals surface area contributed by atoms with Crippen LogP contribution in [0.25, 0.3) is 0 Å². The Hall–Kier alpha value is -1.00. The number of thioether (sulfide) groups is 1. The van der Waals surface area contributed by atoms with E-state index in [1.54, 1.807) is 23.7 Å². The quantitative estimate of drug-likeness (QED) is 0.842. The molecule has 0 heterocycles. The van der Waals surface area contributed by atoms with Crippen molar-refractivity contribution in [3.05, 3.63) is 30.3 Å². The minimum Gasteiger partial charge on any atom is -0.388 e. The minimum atomic E-state index is -0.651. The smallest absolute Gasteiger partial charge is 0.232 e. The van der Waals surface area contributed by atoms with Crippen LogP contribution < -0.4 is 0 Å². The lowest BCUT2D eigenvalue weighted by atomic mass is 10.0. The largest absolute Gasteiger partial charge is 0.388 e. The van der Waals surface area contributed by atoms with Gasteiger partial charge in [-0.15, -0.1) is 11.8 Å². The number of likely N-dealkylation sites (N-methyl/N-ethyl adjacent to an activating group) is 1. The van der Waals surface area contributed by atoms with Crippen LogP contribution in [0.2, 0.25) is 0 Å². The number of rotatable bonds is 5. The summed E-state index contributed by atoms with van der Waals surface area (Å²) in [5.74, 6) is 0.505. The SMILES string of the molecule is CN(CC1(O)CCCC1)C(=O)CSc1ccccc1. The lowest BCUT2D eigenvalue weighted by Gasteiger charge is -2.28. The first-order valence-corrected chi connectivity index (χ1v) is 7.72. The third kappa shape index (κ3) is 4.25. The summed E-state index contributed by atoms with van der Waals surface area (Å²) < 4.78 is 0. The first kappa shape index (κ1) is 14.4. The van der Waals surface area contributed by atoms with Crippen molar-refractivity contribution in [1.29, 1.82) is 0 Å². The molecule has 1 aliphatic rings. The molecule has 1 aliphatic carbocycles. The first-order valence-electron chi connectivity index (χ1n) is 6.73. The Kier molecular flexibility index (Phi) is 4.88. The Bertz CT molecular complexity index is 415. The molecule has 1 aromatic carbocycles. The van der Waals surface area contributed by atoms with E-state index < -0.39 is 5.60 Å². The summed E-state index contributed by atoms with van der Waals surface area (Å²) in [6, 6.07) is 9.91. The summed E-state index contributed by atoms with van der Waals surface area (Å²) in [5.41, 5.74) is -0.651. The van der Waals surface area contributed by atoms with Crippen LogP contribution in [-0.2, 0) is 4.79 Å². The molecule has 0 radical (unpaired) electrons. The molecule has 0 aliphatic heterocycles. The number of carbonyl (C=O) groups is 1. The molecule has 3 nitrogen and oxygen atoms in total. The van der Waals surface area contributed by atoms with Crippen molar-refractivity contribution in [2.24, 2.45) is 0 Å². The van der Waals surface area contributed by atoms with Gasteiger partial charge in [0, 0.05) is 18.5 Å². The Morgan fingerprint density at radius 3 is 2.58 bits per heavy atom. The molecule has 4 heteroatoms. The maximum atomic E-state index is 12.0. The van der Waals surface area contributed by atoms with E-state index in [1.165, 1.54) is 0 Å². The topological polar surface area (TPSA) is 40.5 Å². The molecule has 0 atom stereocenters. The maximum absolute atomic E-state index is 12.0. The molecule has 0 spiro atoms. The molecule has 0 bridgehead atoms. The van der Waals surface area contributed by atoms with E-state index in [0.29, 0.717) is 12.3 Å². The zero-order chi connectivity index (χ0) is 13.7. The van der Waals surface area contributed by atoms with Crippen molar-refractivity contribution in [1.82, 2.24) is 4.90 Å². The number of benzene rings is 1. The van der Waals surface area contributed by atoms with Crippen LogP contribution in [0.3, 0.4) is 0 Å². The van der Waals surface area contributed by atoms with Crippen molar-refractivity contribution in [2.45, 2.75) is 36.2 Å². The van der Waals surface area contributed by atoms with Gasteiger partial charge in [0.15, 0.2) is 0 Å². The third-order valence-corrected chi connectivity index (χ3v) is 4.59. The fourth-order valence-corrected chi connectivity index (χ4v) is 3.35. The van der Waals surface area contributed by atoms with Gasteiger partial charge in [-0.2, -0.15) is 0 Å². The van der Waals surface area contributed by atoms with E-state index in [4.69, 9.17) is 0 Å². The normalized spacial score (nSPS) is 17.4. The lowest BCUT2D eigenvalue weighted by Crippen LogP contribution is -2.42. The Morgan fingerprint density at radius 2 is 1.95 bits per heavy atom. The highest BCUT2D eigenvalue weighted by atomic mass is 32.2. The van der Waals surface area contributed by atoms with Crippen LogP contribution in [0.5, 0.6) is 0 Å². The van der Waals surface area contributed by atoms with Crippen LogP contribution in [0, 0.1) is 0 Å². The molecule has 104 valence electrons. The van der Waals surface area contributed by atoms with Crippen molar-refractivity contribution in [3.8, 4) is 0 Å². The lowest BCUT2D eigenvalue weighted by molar-refractivity contribution is -0.130. The predicted molar refractivity (Wildman–Crippen MR) is 78.2 cm³/mol. The summed E-state index contributed by atoms with van der Waals surface area (Å²) in [6.45, 7) is 0.460. The minimum absolute atomic E-state index is 0.0779. The second-order valence-electron chi connectivity index (χ2n) is 5.28. The Labute approximate surface area is 119 Å². The Balaban J connectivity index is 1.79. The van der Waals surface area contributed by atoms with E-state index >= 15 is 0 Å². The van der Waals surface area contributed by atoms with Crippen LogP contribution in [0.15, 0.2) is 35.2 Å². The van der Waals surface area contributed by atoms with Gasteiger partial charge in [-0.05, 0) is 25.0 Å². The molecule has 1 fully saturated rings. The number of carbonyl (C=O) groups excluding carboxylic acids is 1. The average molecular weight is 279 g/mol. The summed E-state index contributed by atoms with van der Waals surface area (Å²) in [4.78, 5) is 14.8. The van der Waals surface area contributed by atoms with Crippen LogP contribution >= 0.6 is 11.8 Å². The molecular weight excluding hydrogens is 258 g/mol. The zero-order valence-electron chi connectivity index (χ0n) is 11.3.